The van der Waals surface area contributed by atoms with E-state index in [2.05, 4.69) is 19.9 Å². The minimum atomic E-state index is -0.119. The summed E-state index contributed by atoms with van der Waals surface area (Å²) in [4.78, 5) is 5.20. The molecule has 178 valence electrons. The van der Waals surface area contributed by atoms with Gasteiger partial charge in [0, 0.05) is 17.0 Å². The Bertz CT molecular complexity index is 970. The SMILES string of the molecule is C[C@]12CC[C@H](O)CC1=CCC1C2CC[C@@]2(C)C1CC[C@@H]2C1CCOC(c2ccc(Cl)cc2)=N1. The zero-order valence-corrected chi connectivity index (χ0v) is 20.9. The molecule has 3 fully saturated rings. The summed E-state index contributed by atoms with van der Waals surface area (Å²) in [6.45, 7) is 5.89. The van der Waals surface area contributed by atoms with Gasteiger partial charge in [-0.2, -0.15) is 0 Å². The fourth-order valence-electron chi connectivity index (χ4n) is 8.88. The molecule has 1 aromatic carbocycles. The van der Waals surface area contributed by atoms with E-state index in [0.29, 0.717) is 22.8 Å². The second-order valence-electron chi connectivity index (χ2n) is 12.0. The molecule has 1 N–H and O–H groups in total. The summed E-state index contributed by atoms with van der Waals surface area (Å²) < 4.78 is 6.01. The first-order chi connectivity index (χ1) is 15.9. The van der Waals surface area contributed by atoms with Crippen LogP contribution in [0.3, 0.4) is 0 Å². The fourth-order valence-corrected chi connectivity index (χ4v) is 9.01. The lowest BCUT2D eigenvalue weighted by molar-refractivity contribution is -0.0539. The Kier molecular flexibility index (Phi) is 5.46. The highest BCUT2D eigenvalue weighted by Crippen LogP contribution is 2.67. The number of aliphatic hydroxyl groups excluding tert-OH is 1. The van der Waals surface area contributed by atoms with Gasteiger partial charge in [-0.3, -0.25) is 0 Å². The summed E-state index contributed by atoms with van der Waals surface area (Å²) in [5, 5.41) is 11.0. The second kappa shape index (κ2) is 8.12. The van der Waals surface area contributed by atoms with Crippen LogP contribution in [-0.4, -0.2) is 29.8 Å². The highest BCUT2D eigenvalue weighted by Gasteiger charge is 2.59. The van der Waals surface area contributed by atoms with Crippen molar-refractivity contribution in [2.75, 3.05) is 6.61 Å². The van der Waals surface area contributed by atoms with Crippen LogP contribution in [0.4, 0.5) is 0 Å². The maximum Gasteiger partial charge on any atom is 0.216 e. The van der Waals surface area contributed by atoms with Crippen molar-refractivity contribution in [2.24, 2.45) is 39.5 Å². The van der Waals surface area contributed by atoms with E-state index in [1.165, 1.54) is 38.5 Å². The highest BCUT2D eigenvalue weighted by atomic mass is 35.5. The van der Waals surface area contributed by atoms with Crippen LogP contribution in [0.1, 0.15) is 77.2 Å². The summed E-state index contributed by atoms with van der Waals surface area (Å²) in [6, 6.07) is 8.28. The zero-order chi connectivity index (χ0) is 22.8. The number of hydrogen-bond donors (Lipinski definition) is 1. The number of hydrogen-bond acceptors (Lipinski definition) is 3. The molecule has 0 saturated heterocycles. The van der Waals surface area contributed by atoms with Crippen LogP contribution in [0, 0.1) is 34.5 Å². The van der Waals surface area contributed by atoms with E-state index >= 15 is 0 Å². The Labute approximate surface area is 203 Å². The molecule has 0 amide bonds. The Balaban J connectivity index is 1.26. The second-order valence-corrected chi connectivity index (χ2v) is 12.5. The molecule has 4 heteroatoms. The van der Waals surface area contributed by atoms with E-state index in [1.807, 2.05) is 24.3 Å². The van der Waals surface area contributed by atoms with Crippen molar-refractivity contribution >= 4 is 17.5 Å². The summed E-state index contributed by atoms with van der Waals surface area (Å²) in [7, 11) is 0. The lowest BCUT2D eigenvalue weighted by atomic mass is 9.47. The van der Waals surface area contributed by atoms with E-state index in [4.69, 9.17) is 21.3 Å². The van der Waals surface area contributed by atoms with Gasteiger partial charge in [-0.15, -0.1) is 0 Å². The molecule has 4 aliphatic carbocycles. The monoisotopic (exact) mass is 467 g/mol. The van der Waals surface area contributed by atoms with Crippen molar-refractivity contribution in [1.29, 1.82) is 0 Å². The van der Waals surface area contributed by atoms with Gasteiger partial charge in [0.2, 0.25) is 5.90 Å². The third kappa shape index (κ3) is 3.52. The third-order valence-corrected chi connectivity index (χ3v) is 10.9. The van der Waals surface area contributed by atoms with Gasteiger partial charge in [-0.1, -0.05) is 37.1 Å². The van der Waals surface area contributed by atoms with E-state index in [-0.39, 0.29) is 6.10 Å². The minimum absolute atomic E-state index is 0.119. The van der Waals surface area contributed by atoms with Gasteiger partial charge in [-0.05, 0) is 110 Å². The largest absolute Gasteiger partial charge is 0.477 e. The average Bonchev–Trinajstić information content (AvgIpc) is 3.17. The predicted molar refractivity (Wildman–Crippen MR) is 134 cm³/mol. The van der Waals surface area contributed by atoms with Crippen molar-refractivity contribution in [3.05, 3.63) is 46.5 Å². The molecule has 5 aliphatic rings. The topological polar surface area (TPSA) is 41.8 Å². The molecule has 0 aromatic heterocycles. The minimum Gasteiger partial charge on any atom is -0.477 e. The van der Waals surface area contributed by atoms with E-state index in [9.17, 15) is 5.11 Å². The molecular formula is C29H38ClNO2. The van der Waals surface area contributed by atoms with Crippen molar-refractivity contribution in [3.63, 3.8) is 0 Å². The summed E-state index contributed by atoms with van der Waals surface area (Å²) in [5.74, 6) is 3.87. The van der Waals surface area contributed by atoms with Gasteiger partial charge < -0.3 is 9.84 Å². The number of halogens is 1. The molecule has 1 heterocycles. The normalized spacial score (nSPS) is 44.6. The van der Waals surface area contributed by atoms with Crippen molar-refractivity contribution in [3.8, 4) is 0 Å². The zero-order valence-electron chi connectivity index (χ0n) is 20.1. The van der Waals surface area contributed by atoms with Gasteiger partial charge in [0.05, 0.1) is 18.8 Å². The van der Waals surface area contributed by atoms with E-state index in [0.717, 1.165) is 60.1 Å². The van der Waals surface area contributed by atoms with Crippen molar-refractivity contribution in [2.45, 2.75) is 83.8 Å². The van der Waals surface area contributed by atoms with Gasteiger partial charge in [0.25, 0.3) is 0 Å². The van der Waals surface area contributed by atoms with Crippen LogP contribution in [0.2, 0.25) is 5.02 Å². The first-order valence-electron chi connectivity index (χ1n) is 13.2. The van der Waals surface area contributed by atoms with E-state index < -0.39 is 0 Å². The molecule has 0 radical (unpaired) electrons. The Morgan fingerprint density at radius 2 is 1.76 bits per heavy atom. The van der Waals surface area contributed by atoms with Gasteiger partial charge in [-0.25, -0.2) is 4.99 Å². The molecule has 33 heavy (non-hydrogen) atoms. The lowest BCUT2D eigenvalue weighted by Gasteiger charge is -2.58. The standard InChI is InChI=1S/C29H38ClNO2/c1-28-14-11-21(32)17-19(28)5-8-22-23-9-10-25(29(23,2)15-12-24(22)28)26-13-16-33-27(31-26)18-3-6-20(30)7-4-18/h3-7,21-26,32H,8-17H2,1-2H3/t21-,22?,23?,24?,25+,26?,28-,29-/m0/s1. The number of aliphatic hydroxyl groups is 1. The Hall–Kier alpha value is -1.32. The average molecular weight is 468 g/mol. The summed E-state index contributed by atoms with van der Waals surface area (Å²) in [5.41, 5.74) is 3.32. The van der Waals surface area contributed by atoms with Crippen LogP contribution < -0.4 is 0 Å². The summed E-state index contributed by atoms with van der Waals surface area (Å²) in [6.07, 6.45) is 13.1. The Morgan fingerprint density at radius 1 is 0.970 bits per heavy atom. The molecule has 3 nitrogen and oxygen atoms in total. The molecule has 0 spiro atoms. The number of aliphatic imine (C=N–C) groups is 1. The number of ether oxygens (including phenoxy) is 1. The quantitative estimate of drug-likeness (QED) is 0.485. The van der Waals surface area contributed by atoms with Crippen LogP contribution in [0.25, 0.3) is 0 Å². The molecule has 6 rings (SSSR count). The molecule has 0 bridgehead atoms. The van der Waals surface area contributed by atoms with Gasteiger partial charge >= 0.3 is 0 Å². The molecule has 4 unspecified atom stereocenters. The summed E-state index contributed by atoms with van der Waals surface area (Å²) >= 11 is 6.10. The van der Waals surface area contributed by atoms with Crippen LogP contribution >= 0.6 is 11.6 Å². The molecule has 1 aliphatic heterocycles. The van der Waals surface area contributed by atoms with Crippen molar-refractivity contribution in [1.82, 2.24) is 0 Å². The van der Waals surface area contributed by atoms with Crippen LogP contribution in [-0.2, 0) is 4.74 Å². The Morgan fingerprint density at radius 3 is 2.58 bits per heavy atom. The first-order valence-corrected chi connectivity index (χ1v) is 13.6. The van der Waals surface area contributed by atoms with Crippen LogP contribution in [0.5, 0.6) is 0 Å². The lowest BCUT2D eigenvalue weighted by Crippen LogP contribution is -2.51. The molecule has 3 saturated carbocycles. The molecule has 1 aromatic rings. The van der Waals surface area contributed by atoms with Gasteiger partial charge in [0.1, 0.15) is 0 Å². The number of allylic oxidation sites excluding steroid dienone is 1. The predicted octanol–water partition coefficient (Wildman–Crippen LogP) is 6.82. The molecular weight excluding hydrogens is 430 g/mol. The maximum atomic E-state index is 10.3. The fraction of sp³-hybridized carbons (Fsp3) is 0.690. The number of benzene rings is 1. The number of fused-ring (bicyclic) bond motifs is 5. The molecule has 8 atom stereocenters. The number of rotatable bonds is 2. The third-order valence-electron chi connectivity index (χ3n) is 10.6. The van der Waals surface area contributed by atoms with Crippen molar-refractivity contribution < 1.29 is 9.84 Å². The smallest absolute Gasteiger partial charge is 0.216 e. The number of nitrogens with zero attached hydrogens (tertiary/aromatic N) is 1. The highest BCUT2D eigenvalue weighted by molar-refractivity contribution is 6.30. The van der Waals surface area contributed by atoms with E-state index in [1.54, 1.807) is 5.57 Å². The van der Waals surface area contributed by atoms with Crippen LogP contribution in [0.15, 0.2) is 40.9 Å². The maximum absolute atomic E-state index is 10.3. The van der Waals surface area contributed by atoms with Gasteiger partial charge in [0.15, 0.2) is 0 Å². The first kappa shape index (κ1) is 22.2.